The van der Waals surface area contributed by atoms with Gasteiger partial charge in [0.05, 0.1) is 10.6 Å². The second-order valence-electron chi connectivity index (χ2n) is 4.54. The average Bonchev–Trinajstić information content (AvgIpc) is 2.77. The molecule has 0 spiro atoms. The smallest absolute Gasteiger partial charge is 0.222 e. The van der Waals surface area contributed by atoms with Crippen LogP contribution in [0.1, 0.15) is 24.0 Å². The number of hydrogen-bond acceptors (Lipinski definition) is 4. The van der Waals surface area contributed by atoms with Gasteiger partial charge in [-0.25, -0.2) is 0 Å². The zero-order valence-corrected chi connectivity index (χ0v) is 10.5. The van der Waals surface area contributed by atoms with Crippen molar-refractivity contribution in [1.29, 1.82) is 0 Å². The van der Waals surface area contributed by atoms with Crippen LogP contribution in [0.25, 0.3) is 11.3 Å². The molecule has 0 saturated heterocycles. The minimum absolute atomic E-state index is 0.0608. The van der Waals surface area contributed by atoms with Crippen molar-refractivity contribution in [3.8, 4) is 17.0 Å². The lowest BCUT2D eigenvalue weighted by molar-refractivity contribution is 0.437. The first kappa shape index (κ1) is 11.4. The maximum absolute atomic E-state index is 10.2. The lowest BCUT2D eigenvalue weighted by Gasteiger charge is -2.20. The van der Waals surface area contributed by atoms with Gasteiger partial charge in [0.15, 0.2) is 0 Å². The summed E-state index contributed by atoms with van der Waals surface area (Å²) in [5.74, 6) is 0.291. The molecule has 2 aromatic rings. The van der Waals surface area contributed by atoms with Crippen molar-refractivity contribution in [2.75, 3.05) is 5.73 Å². The van der Waals surface area contributed by atoms with E-state index in [0.29, 0.717) is 16.3 Å². The number of anilines is 1. The van der Waals surface area contributed by atoms with Gasteiger partial charge in [0, 0.05) is 6.07 Å². The van der Waals surface area contributed by atoms with Crippen molar-refractivity contribution in [3.63, 3.8) is 0 Å². The summed E-state index contributed by atoms with van der Waals surface area (Å²) in [6.45, 7) is 0. The van der Waals surface area contributed by atoms with Crippen LogP contribution in [0.2, 0.25) is 5.02 Å². The number of aromatic nitrogens is 1. The number of benzene rings is 1. The van der Waals surface area contributed by atoms with E-state index in [1.807, 2.05) is 6.07 Å². The molecule has 94 valence electrons. The number of nitrogens with zero attached hydrogens (tertiary/aromatic N) is 1. The molecule has 1 aliphatic rings. The van der Waals surface area contributed by atoms with Gasteiger partial charge in [-0.1, -0.05) is 16.8 Å². The van der Waals surface area contributed by atoms with Crippen LogP contribution in [-0.2, 0) is 12.8 Å². The summed E-state index contributed by atoms with van der Waals surface area (Å²) >= 11 is 6.07. The molecule has 0 bridgehead atoms. The van der Waals surface area contributed by atoms with Crippen molar-refractivity contribution in [1.82, 2.24) is 5.16 Å². The minimum atomic E-state index is 0.0608. The molecular weight excluding hydrogens is 252 g/mol. The number of phenolic OH excluding ortho intramolecular Hbond substituents is 1. The highest BCUT2D eigenvalue weighted by Gasteiger charge is 2.22. The van der Waals surface area contributed by atoms with Crippen LogP contribution in [0, 0.1) is 0 Å². The molecule has 4 nitrogen and oxygen atoms in total. The third kappa shape index (κ3) is 1.73. The van der Waals surface area contributed by atoms with Crippen LogP contribution in [0.4, 0.5) is 5.88 Å². The fourth-order valence-electron chi connectivity index (χ4n) is 2.54. The zero-order chi connectivity index (χ0) is 12.7. The van der Waals surface area contributed by atoms with Gasteiger partial charge >= 0.3 is 0 Å². The Bertz CT molecular complexity index is 607. The minimum Gasteiger partial charge on any atom is -0.506 e. The highest BCUT2D eigenvalue weighted by molar-refractivity contribution is 6.32. The number of hydrogen-bond donors (Lipinski definition) is 2. The monoisotopic (exact) mass is 264 g/mol. The first-order chi connectivity index (χ1) is 8.66. The number of aryl methyl sites for hydroxylation is 1. The Hall–Kier alpha value is -1.68. The summed E-state index contributed by atoms with van der Waals surface area (Å²) < 4.78 is 4.88. The number of nitrogen functional groups attached to an aromatic ring is 1. The number of phenols is 1. The highest BCUT2D eigenvalue weighted by Crippen LogP contribution is 2.42. The molecule has 0 amide bonds. The lowest BCUT2D eigenvalue weighted by Crippen LogP contribution is -2.05. The van der Waals surface area contributed by atoms with E-state index >= 15 is 0 Å². The summed E-state index contributed by atoms with van der Waals surface area (Å²) in [7, 11) is 0. The van der Waals surface area contributed by atoms with Gasteiger partial charge in [0.25, 0.3) is 0 Å². The second kappa shape index (κ2) is 4.21. The molecule has 0 aliphatic heterocycles. The Morgan fingerprint density at radius 2 is 2.06 bits per heavy atom. The van der Waals surface area contributed by atoms with Gasteiger partial charge in [0.1, 0.15) is 11.4 Å². The number of rotatable bonds is 1. The lowest BCUT2D eigenvalue weighted by atomic mass is 9.86. The fraction of sp³-hybridized carbons (Fsp3) is 0.308. The summed E-state index contributed by atoms with van der Waals surface area (Å²) in [5.41, 5.74) is 9.04. The van der Waals surface area contributed by atoms with E-state index in [2.05, 4.69) is 5.16 Å². The van der Waals surface area contributed by atoms with Crippen molar-refractivity contribution >= 4 is 17.5 Å². The van der Waals surface area contributed by atoms with Gasteiger partial charge in [-0.05, 0) is 42.9 Å². The molecule has 0 unspecified atom stereocenters. The number of fused-ring (bicyclic) bond motifs is 1. The molecule has 1 aromatic heterocycles. The third-order valence-corrected chi connectivity index (χ3v) is 3.65. The number of nitrogens with two attached hydrogens (primary N) is 1. The zero-order valence-electron chi connectivity index (χ0n) is 9.74. The van der Waals surface area contributed by atoms with Crippen molar-refractivity contribution < 1.29 is 9.63 Å². The predicted octanol–water partition coefficient (Wildman–Crippen LogP) is 3.16. The Morgan fingerprint density at radius 3 is 2.78 bits per heavy atom. The molecule has 0 radical (unpaired) electrons. The van der Waals surface area contributed by atoms with Crippen LogP contribution < -0.4 is 5.73 Å². The number of aromatic hydroxyl groups is 1. The maximum atomic E-state index is 10.2. The molecule has 1 aromatic carbocycles. The van der Waals surface area contributed by atoms with Crippen LogP contribution in [-0.4, -0.2) is 10.3 Å². The summed E-state index contributed by atoms with van der Waals surface area (Å²) in [6, 6.07) is 3.46. The van der Waals surface area contributed by atoms with Crippen LogP contribution in [0.3, 0.4) is 0 Å². The topological polar surface area (TPSA) is 72.3 Å². The van der Waals surface area contributed by atoms with Gasteiger partial charge in [-0.3, -0.25) is 0 Å². The van der Waals surface area contributed by atoms with E-state index < -0.39 is 0 Å². The molecule has 1 heterocycles. The van der Waals surface area contributed by atoms with Gasteiger partial charge in [-0.15, -0.1) is 0 Å². The van der Waals surface area contributed by atoms with Gasteiger partial charge in [-0.2, -0.15) is 0 Å². The molecule has 1 aliphatic carbocycles. The largest absolute Gasteiger partial charge is 0.506 e. The van der Waals surface area contributed by atoms with E-state index in [0.717, 1.165) is 31.2 Å². The summed E-state index contributed by atoms with van der Waals surface area (Å²) in [5, 5.41) is 14.4. The van der Waals surface area contributed by atoms with E-state index in [1.165, 1.54) is 5.56 Å². The van der Waals surface area contributed by atoms with E-state index in [-0.39, 0.29) is 11.6 Å². The standard InChI is InChI=1S/C13H13ClN2O2/c14-9-5-7-3-1-2-4-8(7)12(13(9)17)10-6-11(15)18-16-10/h5-6,17H,1-4,15H2. The molecule has 0 saturated carbocycles. The Labute approximate surface area is 109 Å². The molecular formula is C13H13ClN2O2. The van der Waals surface area contributed by atoms with Gasteiger partial charge < -0.3 is 15.4 Å². The summed E-state index contributed by atoms with van der Waals surface area (Å²) in [6.07, 6.45) is 4.15. The molecule has 3 N–H and O–H groups in total. The van der Waals surface area contributed by atoms with Gasteiger partial charge in [0.2, 0.25) is 5.88 Å². The number of halogens is 1. The van der Waals surface area contributed by atoms with Crippen molar-refractivity contribution in [3.05, 3.63) is 28.3 Å². The maximum Gasteiger partial charge on any atom is 0.222 e. The molecule has 5 heteroatoms. The first-order valence-corrected chi connectivity index (χ1v) is 6.30. The Balaban J connectivity index is 2.26. The van der Waals surface area contributed by atoms with Crippen LogP contribution >= 0.6 is 11.6 Å². The molecule has 0 atom stereocenters. The SMILES string of the molecule is Nc1cc(-c2c(O)c(Cl)cc3c2CCCC3)no1. The molecule has 3 rings (SSSR count). The molecule has 18 heavy (non-hydrogen) atoms. The first-order valence-electron chi connectivity index (χ1n) is 5.92. The molecule has 0 fully saturated rings. The van der Waals surface area contributed by atoms with Crippen LogP contribution in [0.15, 0.2) is 16.7 Å². The predicted molar refractivity (Wildman–Crippen MR) is 69.7 cm³/mol. The van der Waals surface area contributed by atoms with Crippen molar-refractivity contribution in [2.45, 2.75) is 25.7 Å². The van der Waals surface area contributed by atoms with E-state index in [4.69, 9.17) is 21.9 Å². The van der Waals surface area contributed by atoms with Crippen LogP contribution in [0.5, 0.6) is 5.75 Å². The average molecular weight is 265 g/mol. The van der Waals surface area contributed by atoms with E-state index in [1.54, 1.807) is 6.07 Å². The highest BCUT2D eigenvalue weighted by atomic mass is 35.5. The van der Waals surface area contributed by atoms with Crippen molar-refractivity contribution in [2.24, 2.45) is 0 Å². The quantitative estimate of drug-likeness (QED) is 0.830. The summed E-state index contributed by atoms with van der Waals surface area (Å²) in [4.78, 5) is 0. The van der Waals surface area contributed by atoms with E-state index in [9.17, 15) is 5.11 Å². The Morgan fingerprint density at radius 1 is 1.28 bits per heavy atom. The fourth-order valence-corrected chi connectivity index (χ4v) is 2.77. The normalized spacial score (nSPS) is 14.5. The Kier molecular flexibility index (Phi) is 2.67. The third-order valence-electron chi connectivity index (χ3n) is 3.36. The second-order valence-corrected chi connectivity index (χ2v) is 4.95.